The summed E-state index contributed by atoms with van der Waals surface area (Å²) in [7, 11) is -3.24. The van der Waals surface area contributed by atoms with Crippen molar-refractivity contribution < 1.29 is 13.2 Å². The van der Waals surface area contributed by atoms with Crippen LogP contribution in [-0.2, 0) is 14.6 Å². The molecule has 0 bridgehead atoms. The van der Waals surface area contributed by atoms with Gasteiger partial charge >= 0.3 is 0 Å². The van der Waals surface area contributed by atoms with E-state index < -0.39 is 9.84 Å². The summed E-state index contributed by atoms with van der Waals surface area (Å²) in [6, 6.07) is 0. The predicted octanol–water partition coefficient (Wildman–Crippen LogP) is -1.28. The predicted molar refractivity (Wildman–Crippen MR) is 35.9 cm³/mol. The molecule has 0 saturated carbocycles. The molecule has 0 aromatic heterocycles. The topological polar surface area (TPSA) is 63.2 Å². The molecule has 0 aromatic carbocycles. The highest BCUT2D eigenvalue weighted by atomic mass is 32.2. The highest BCUT2D eigenvalue weighted by Crippen LogP contribution is 2.05. The van der Waals surface area contributed by atoms with Crippen LogP contribution >= 0.6 is 0 Å². The van der Waals surface area contributed by atoms with Crippen molar-refractivity contribution in [3.8, 4) is 0 Å². The van der Waals surface area contributed by atoms with Gasteiger partial charge in [-0.1, -0.05) is 0 Å². The largest absolute Gasteiger partial charge is 0.310 e. The van der Waals surface area contributed by atoms with Crippen molar-refractivity contribution in [2.24, 2.45) is 0 Å². The normalized spacial score (nSPS) is 23.8. The van der Waals surface area contributed by atoms with E-state index in [1.807, 2.05) is 0 Å². The fourth-order valence-electron chi connectivity index (χ4n) is 0.741. The molecule has 0 unspecified atom stereocenters. The zero-order valence-corrected chi connectivity index (χ0v) is 6.07. The summed E-state index contributed by atoms with van der Waals surface area (Å²) < 4.78 is 21.7. The Kier molecular flexibility index (Phi) is 1.89. The van der Waals surface area contributed by atoms with Crippen LogP contribution in [0.5, 0.6) is 0 Å². The first-order valence-electron chi connectivity index (χ1n) is 2.84. The summed E-state index contributed by atoms with van der Waals surface area (Å²) >= 11 is 0. The van der Waals surface area contributed by atoms with E-state index in [4.69, 9.17) is 0 Å². The molecule has 1 aliphatic rings. The van der Waals surface area contributed by atoms with Crippen LogP contribution in [0.3, 0.4) is 0 Å². The fraction of sp³-hybridized carbons (Fsp3) is 0.600. The minimum atomic E-state index is -3.24. The van der Waals surface area contributed by atoms with Crippen molar-refractivity contribution in [3.05, 3.63) is 4.91 Å². The molecule has 10 heavy (non-hydrogen) atoms. The smallest absolute Gasteiger partial charge is 0.187 e. The molecule has 0 atom stereocenters. The summed E-state index contributed by atoms with van der Waals surface area (Å²) in [6.45, 7) is 0.555. The summed E-state index contributed by atoms with van der Waals surface area (Å²) in [6.07, 6.45) is 0. The number of sulfone groups is 1. The van der Waals surface area contributed by atoms with Gasteiger partial charge in [-0.15, -0.1) is 0 Å². The summed E-state index contributed by atoms with van der Waals surface area (Å²) in [4.78, 5) is 9.84. The molecule has 0 aliphatic carbocycles. The van der Waals surface area contributed by atoms with Crippen molar-refractivity contribution in [2.75, 3.05) is 18.8 Å². The van der Waals surface area contributed by atoms with Gasteiger partial charge in [0.2, 0.25) is 0 Å². The van der Waals surface area contributed by atoms with Gasteiger partial charge in [0.1, 0.15) is 10.8 Å². The lowest BCUT2D eigenvalue weighted by Crippen LogP contribution is -2.34. The molecule has 0 amide bonds. The van der Waals surface area contributed by atoms with E-state index in [0.717, 1.165) is 0 Å². The van der Waals surface area contributed by atoms with E-state index in [1.165, 1.54) is 5.94 Å². The molecule has 1 aliphatic heterocycles. The van der Waals surface area contributed by atoms with E-state index >= 15 is 0 Å². The number of carbonyl (C=O) groups excluding carboxylic acids is 1. The minimum Gasteiger partial charge on any atom is -0.310 e. The third kappa shape index (κ3) is 1.26. The van der Waals surface area contributed by atoms with Crippen LogP contribution in [0.1, 0.15) is 0 Å². The average molecular weight is 161 g/mol. The fourth-order valence-corrected chi connectivity index (χ4v) is 1.85. The molecule has 0 spiro atoms. The zero-order chi connectivity index (χ0) is 7.61. The highest BCUT2D eigenvalue weighted by Gasteiger charge is 2.22. The Balaban J connectivity index is 3.03. The van der Waals surface area contributed by atoms with Crippen LogP contribution in [0.15, 0.2) is 4.91 Å². The van der Waals surface area contributed by atoms with E-state index in [2.05, 4.69) is 5.32 Å². The lowest BCUT2D eigenvalue weighted by Gasteiger charge is -2.12. The Morgan fingerprint density at radius 1 is 1.50 bits per heavy atom. The standard InChI is InChI=1S/C5H7NO3S/c7-4-5-3-6-1-2-10(5,8)9/h6H,1-3H2. The van der Waals surface area contributed by atoms with Crippen LogP contribution < -0.4 is 5.32 Å². The van der Waals surface area contributed by atoms with Gasteiger partial charge in [-0.05, 0) is 0 Å². The highest BCUT2D eigenvalue weighted by molar-refractivity contribution is 7.95. The van der Waals surface area contributed by atoms with Gasteiger partial charge in [0.25, 0.3) is 0 Å². The first-order chi connectivity index (χ1) is 4.67. The Labute approximate surface area is 58.8 Å². The van der Waals surface area contributed by atoms with Crippen LogP contribution in [0.2, 0.25) is 0 Å². The maximum Gasteiger partial charge on any atom is 0.187 e. The Morgan fingerprint density at radius 3 is 2.60 bits per heavy atom. The summed E-state index contributed by atoms with van der Waals surface area (Å²) in [5.41, 5.74) is 0. The van der Waals surface area contributed by atoms with Gasteiger partial charge in [-0.2, -0.15) is 0 Å². The molecule has 1 fully saturated rings. The molecule has 1 N–H and O–H groups in total. The van der Waals surface area contributed by atoms with Gasteiger partial charge < -0.3 is 5.32 Å². The van der Waals surface area contributed by atoms with Gasteiger partial charge in [-0.25, -0.2) is 13.2 Å². The first-order valence-corrected chi connectivity index (χ1v) is 4.49. The zero-order valence-electron chi connectivity index (χ0n) is 5.25. The first kappa shape index (κ1) is 7.47. The van der Waals surface area contributed by atoms with Crippen molar-refractivity contribution >= 4 is 15.8 Å². The van der Waals surface area contributed by atoms with E-state index in [-0.39, 0.29) is 17.2 Å². The second-order valence-corrected chi connectivity index (χ2v) is 4.15. The molecule has 1 saturated heterocycles. The van der Waals surface area contributed by atoms with Gasteiger partial charge in [-0.3, -0.25) is 0 Å². The van der Waals surface area contributed by atoms with Crippen LogP contribution in [0.25, 0.3) is 0 Å². The summed E-state index contributed by atoms with van der Waals surface area (Å²) in [5.74, 6) is 1.42. The lowest BCUT2D eigenvalue weighted by atomic mass is 10.5. The molecule has 1 heterocycles. The maximum absolute atomic E-state index is 10.9. The molecule has 5 heteroatoms. The van der Waals surface area contributed by atoms with Gasteiger partial charge in [0, 0.05) is 13.1 Å². The molecule has 56 valence electrons. The SMILES string of the molecule is O=C=C1CNCCS1(=O)=O. The minimum absolute atomic E-state index is 0.0115. The average Bonchev–Trinajstić information content (AvgIpc) is 1.87. The van der Waals surface area contributed by atoms with Crippen molar-refractivity contribution in [2.45, 2.75) is 0 Å². The quantitative estimate of drug-likeness (QED) is 0.449. The Morgan fingerprint density at radius 2 is 2.20 bits per heavy atom. The molecular formula is C5H7NO3S. The second kappa shape index (κ2) is 2.54. The monoisotopic (exact) mass is 161 g/mol. The summed E-state index contributed by atoms with van der Waals surface area (Å²) in [5, 5.41) is 2.76. The molecular weight excluding hydrogens is 154 g/mol. The Bertz CT molecular complexity index is 273. The van der Waals surface area contributed by atoms with Crippen LogP contribution in [0.4, 0.5) is 0 Å². The Hall–Kier alpha value is -0.640. The van der Waals surface area contributed by atoms with Crippen molar-refractivity contribution in [3.63, 3.8) is 0 Å². The number of hydrogen-bond acceptors (Lipinski definition) is 4. The van der Waals surface area contributed by atoms with Crippen molar-refractivity contribution in [1.82, 2.24) is 5.32 Å². The molecule has 0 aromatic rings. The van der Waals surface area contributed by atoms with Crippen LogP contribution in [0, 0.1) is 0 Å². The number of nitrogens with one attached hydrogen (secondary N) is 1. The van der Waals surface area contributed by atoms with Gasteiger partial charge in [0.15, 0.2) is 9.84 Å². The maximum atomic E-state index is 10.9. The van der Waals surface area contributed by atoms with Gasteiger partial charge in [0.05, 0.1) is 5.75 Å². The van der Waals surface area contributed by atoms with Crippen molar-refractivity contribution in [1.29, 1.82) is 0 Å². The molecule has 0 radical (unpaired) electrons. The number of hydrogen-bond donors (Lipinski definition) is 1. The molecule has 1 rings (SSSR count). The van der Waals surface area contributed by atoms with E-state index in [0.29, 0.717) is 6.54 Å². The third-order valence-corrected chi connectivity index (χ3v) is 3.04. The number of rotatable bonds is 0. The van der Waals surface area contributed by atoms with Crippen LogP contribution in [-0.4, -0.2) is 33.2 Å². The van der Waals surface area contributed by atoms with E-state index in [9.17, 15) is 13.2 Å². The second-order valence-electron chi connectivity index (χ2n) is 2.02. The van der Waals surface area contributed by atoms with E-state index in [1.54, 1.807) is 0 Å². The molecule has 4 nitrogen and oxygen atoms in total. The third-order valence-electron chi connectivity index (χ3n) is 1.32. The lowest BCUT2D eigenvalue weighted by molar-refractivity contribution is 0.563.